The Hall–Kier alpha value is -1.32. The van der Waals surface area contributed by atoms with Crippen LogP contribution in [0.15, 0.2) is 6.07 Å². The molecule has 0 saturated carbocycles. The van der Waals surface area contributed by atoms with E-state index in [1.54, 1.807) is 0 Å². The Morgan fingerprint density at radius 2 is 2.00 bits per heavy atom. The van der Waals surface area contributed by atoms with Crippen molar-refractivity contribution >= 4 is 11.6 Å². The van der Waals surface area contributed by atoms with Crippen LogP contribution in [0.25, 0.3) is 0 Å². The molecule has 1 unspecified atom stereocenters. The Balaban J connectivity index is 2.12. The molecule has 21 heavy (non-hydrogen) atoms. The zero-order valence-corrected chi connectivity index (χ0v) is 14.2. The maximum atomic E-state index is 4.64. The molecule has 1 aliphatic heterocycles. The van der Waals surface area contributed by atoms with E-state index in [4.69, 9.17) is 0 Å². The van der Waals surface area contributed by atoms with Gasteiger partial charge in [-0.2, -0.15) is 0 Å². The van der Waals surface area contributed by atoms with Gasteiger partial charge in [0, 0.05) is 25.7 Å². The highest BCUT2D eigenvalue weighted by atomic mass is 15.2. The topological polar surface area (TPSA) is 41.0 Å². The molecule has 0 bridgehead atoms. The van der Waals surface area contributed by atoms with Gasteiger partial charge in [-0.3, -0.25) is 0 Å². The molecule has 0 amide bonds. The van der Waals surface area contributed by atoms with Gasteiger partial charge in [0.25, 0.3) is 0 Å². The standard InChI is InChI=1S/C17H30N4/c1-6-18-15-12-16(20-13(2)19-15)21-10-7-8-14(9-11-21)17(3,4)5/h12,14H,6-11H2,1-5H3,(H,18,19,20). The van der Waals surface area contributed by atoms with Crippen molar-refractivity contribution in [2.24, 2.45) is 11.3 Å². The molecular weight excluding hydrogens is 260 g/mol. The van der Waals surface area contributed by atoms with Crippen molar-refractivity contribution in [3.63, 3.8) is 0 Å². The molecule has 0 spiro atoms. The molecule has 118 valence electrons. The maximum Gasteiger partial charge on any atom is 0.134 e. The van der Waals surface area contributed by atoms with Crippen molar-refractivity contribution in [1.82, 2.24) is 9.97 Å². The summed E-state index contributed by atoms with van der Waals surface area (Å²) in [5, 5.41) is 3.30. The van der Waals surface area contributed by atoms with E-state index < -0.39 is 0 Å². The largest absolute Gasteiger partial charge is 0.370 e. The second-order valence-electron chi connectivity index (χ2n) is 7.17. The van der Waals surface area contributed by atoms with E-state index in [0.29, 0.717) is 5.41 Å². The molecule has 1 saturated heterocycles. The number of nitrogens with zero attached hydrogens (tertiary/aromatic N) is 3. The van der Waals surface area contributed by atoms with Crippen LogP contribution >= 0.6 is 0 Å². The molecule has 1 atom stereocenters. The van der Waals surface area contributed by atoms with Crippen molar-refractivity contribution in [1.29, 1.82) is 0 Å². The van der Waals surface area contributed by atoms with E-state index in [-0.39, 0.29) is 0 Å². The number of rotatable bonds is 3. The number of hydrogen-bond donors (Lipinski definition) is 1. The highest BCUT2D eigenvalue weighted by Gasteiger charge is 2.27. The van der Waals surface area contributed by atoms with Crippen LogP contribution in [0.1, 0.15) is 52.8 Å². The zero-order chi connectivity index (χ0) is 15.5. The number of anilines is 2. The van der Waals surface area contributed by atoms with E-state index in [9.17, 15) is 0 Å². The minimum absolute atomic E-state index is 0.409. The van der Waals surface area contributed by atoms with Crippen LogP contribution in [0.2, 0.25) is 0 Å². The summed E-state index contributed by atoms with van der Waals surface area (Å²) in [7, 11) is 0. The third-order valence-corrected chi connectivity index (χ3v) is 4.46. The molecule has 0 radical (unpaired) electrons. The molecule has 2 rings (SSSR count). The predicted octanol–water partition coefficient (Wildman–Crippen LogP) is 3.87. The number of hydrogen-bond acceptors (Lipinski definition) is 4. The number of aryl methyl sites for hydroxylation is 1. The van der Waals surface area contributed by atoms with Crippen LogP contribution in [0.3, 0.4) is 0 Å². The third kappa shape index (κ3) is 4.32. The summed E-state index contributed by atoms with van der Waals surface area (Å²) in [4.78, 5) is 11.5. The first-order valence-electron chi connectivity index (χ1n) is 8.24. The fourth-order valence-electron chi connectivity index (χ4n) is 3.18. The van der Waals surface area contributed by atoms with E-state index >= 15 is 0 Å². The van der Waals surface area contributed by atoms with Crippen molar-refractivity contribution in [3.8, 4) is 0 Å². The normalized spacial score (nSPS) is 20.2. The van der Waals surface area contributed by atoms with Gasteiger partial charge in [0.1, 0.15) is 17.5 Å². The van der Waals surface area contributed by atoms with Crippen LogP contribution in [0, 0.1) is 18.3 Å². The Bertz CT molecular complexity index is 464. The van der Waals surface area contributed by atoms with E-state index in [1.165, 1.54) is 19.3 Å². The van der Waals surface area contributed by atoms with Gasteiger partial charge >= 0.3 is 0 Å². The molecule has 4 heteroatoms. The Labute approximate surface area is 129 Å². The summed E-state index contributed by atoms with van der Waals surface area (Å²) in [6, 6.07) is 2.09. The third-order valence-electron chi connectivity index (χ3n) is 4.46. The molecule has 0 aliphatic carbocycles. The molecule has 4 nitrogen and oxygen atoms in total. The summed E-state index contributed by atoms with van der Waals surface area (Å²) in [6.45, 7) is 14.3. The van der Waals surface area contributed by atoms with Crippen LogP contribution in [0.5, 0.6) is 0 Å². The molecule has 1 aromatic heterocycles. The summed E-state index contributed by atoms with van der Waals surface area (Å²) in [6.07, 6.45) is 3.83. The van der Waals surface area contributed by atoms with Gasteiger partial charge in [0.05, 0.1) is 0 Å². The smallest absolute Gasteiger partial charge is 0.134 e. The zero-order valence-electron chi connectivity index (χ0n) is 14.2. The van der Waals surface area contributed by atoms with Crippen LogP contribution in [0.4, 0.5) is 11.6 Å². The minimum atomic E-state index is 0.409. The monoisotopic (exact) mass is 290 g/mol. The highest BCUT2D eigenvalue weighted by molar-refractivity contribution is 5.49. The van der Waals surface area contributed by atoms with Crippen LogP contribution in [-0.2, 0) is 0 Å². The fraction of sp³-hybridized carbons (Fsp3) is 0.765. The van der Waals surface area contributed by atoms with E-state index in [0.717, 1.165) is 43.0 Å². The second-order valence-corrected chi connectivity index (χ2v) is 7.17. The lowest BCUT2D eigenvalue weighted by molar-refractivity contribution is 0.220. The molecule has 1 fully saturated rings. The first kappa shape index (κ1) is 16.1. The second kappa shape index (κ2) is 6.63. The SMILES string of the molecule is CCNc1cc(N2CCCC(C(C)(C)C)CC2)nc(C)n1. The van der Waals surface area contributed by atoms with Gasteiger partial charge in [-0.25, -0.2) is 9.97 Å². The summed E-state index contributed by atoms with van der Waals surface area (Å²) in [5.74, 6) is 3.67. The lowest BCUT2D eigenvalue weighted by Gasteiger charge is -2.30. The van der Waals surface area contributed by atoms with Crippen molar-refractivity contribution < 1.29 is 0 Å². The first-order chi connectivity index (χ1) is 9.90. The minimum Gasteiger partial charge on any atom is -0.370 e. The Kier molecular flexibility index (Phi) is 5.07. The number of nitrogens with one attached hydrogen (secondary N) is 1. The van der Waals surface area contributed by atoms with Gasteiger partial charge in [0.15, 0.2) is 0 Å². The molecule has 2 heterocycles. The predicted molar refractivity (Wildman–Crippen MR) is 89.9 cm³/mol. The van der Waals surface area contributed by atoms with Crippen LogP contribution < -0.4 is 10.2 Å². The maximum absolute atomic E-state index is 4.64. The van der Waals surface area contributed by atoms with E-state index in [2.05, 4.69) is 53.9 Å². The van der Waals surface area contributed by atoms with Crippen molar-refractivity contribution in [2.75, 3.05) is 29.9 Å². The Morgan fingerprint density at radius 3 is 2.67 bits per heavy atom. The average Bonchev–Trinajstić information content (AvgIpc) is 2.63. The lowest BCUT2D eigenvalue weighted by atomic mass is 9.77. The van der Waals surface area contributed by atoms with Gasteiger partial charge in [-0.15, -0.1) is 0 Å². The summed E-state index contributed by atoms with van der Waals surface area (Å²) in [5.41, 5.74) is 0.409. The van der Waals surface area contributed by atoms with Gasteiger partial charge in [-0.1, -0.05) is 20.8 Å². The Morgan fingerprint density at radius 1 is 1.24 bits per heavy atom. The highest BCUT2D eigenvalue weighted by Crippen LogP contribution is 2.35. The van der Waals surface area contributed by atoms with Gasteiger partial charge in [0.2, 0.25) is 0 Å². The van der Waals surface area contributed by atoms with Crippen molar-refractivity contribution in [2.45, 2.75) is 53.9 Å². The number of aromatic nitrogens is 2. The molecule has 1 aromatic rings. The van der Waals surface area contributed by atoms with Crippen LogP contribution in [-0.4, -0.2) is 29.6 Å². The first-order valence-corrected chi connectivity index (χ1v) is 8.24. The lowest BCUT2D eigenvalue weighted by Crippen LogP contribution is -2.27. The molecule has 0 aromatic carbocycles. The van der Waals surface area contributed by atoms with Gasteiger partial charge in [-0.05, 0) is 44.4 Å². The molecular formula is C17H30N4. The fourth-order valence-corrected chi connectivity index (χ4v) is 3.18. The average molecular weight is 290 g/mol. The summed E-state index contributed by atoms with van der Waals surface area (Å²) >= 11 is 0. The molecule has 1 aliphatic rings. The quantitative estimate of drug-likeness (QED) is 0.917. The van der Waals surface area contributed by atoms with E-state index in [1.807, 2.05) is 6.92 Å². The van der Waals surface area contributed by atoms with Gasteiger partial charge < -0.3 is 10.2 Å². The molecule has 1 N–H and O–H groups in total. The summed E-state index contributed by atoms with van der Waals surface area (Å²) < 4.78 is 0. The van der Waals surface area contributed by atoms with Crippen molar-refractivity contribution in [3.05, 3.63) is 11.9 Å².